The van der Waals surface area contributed by atoms with Gasteiger partial charge in [0.25, 0.3) is 0 Å². The molecule has 0 aliphatic carbocycles. The third-order valence-electron chi connectivity index (χ3n) is 4.57. The zero-order chi connectivity index (χ0) is 16.4. The molecule has 3 rings (SSSR count). The molecule has 126 valence electrons. The Balaban J connectivity index is 1.82. The van der Waals surface area contributed by atoms with Crippen molar-refractivity contribution in [2.24, 2.45) is 5.92 Å². The Morgan fingerprint density at radius 3 is 2.83 bits per heavy atom. The van der Waals surface area contributed by atoms with Gasteiger partial charge >= 0.3 is 0 Å². The molecule has 1 amide bonds. The van der Waals surface area contributed by atoms with Gasteiger partial charge < -0.3 is 19.5 Å². The normalized spacial score (nSPS) is 24.7. The van der Waals surface area contributed by atoms with E-state index in [0.717, 1.165) is 35.7 Å². The number of benzene rings is 1. The van der Waals surface area contributed by atoms with Gasteiger partial charge in [-0.2, -0.15) is 0 Å². The number of methoxy groups -OCH3 is 2. The fourth-order valence-electron chi connectivity index (χ4n) is 3.45. The van der Waals surface area contributed by atoms with Crippen LogP contribution in [0.4, 0.5) is 0 Å². The van der Waals surface area contributed by atoms with Crippen LogP contribution in [-0.2, 0) is 16.1 Å². The second-order valence-electron chi connectivity index (χ2n) is 6.22. The van der Waals surface area contributed by atoms with E-state index in [1.165, 1.54) is 0 Å². The average molecular weight is 320 g/mol. The van der Waals surface area contributed by atoms with Gasteiger partial charge in [0.2, 0.25) is 5.91 Å². The van der Waals surface area contributed by atoms with Gasteiger partial charge in [0.15, 0.2) is 0 Å². The summed E-state index contributed by atoms with van der Waals surface area (Å²) in [4.78, 5) is 14.4. The summed E-state index contributed by atoms with van der Waals surface area (Å²) in [6.45, 7) is 5.31. The second-order valence-corrected chi connectivity index (χ2v) is 6.22. The molecular formula is C17H24N2O4. The van der Waals surface area contributed by atoms with Crippen molar-refractivity contribution >= 4 is 5.91 Å². The Bertz CT molecular complexity index is 590. The minimum Gasteiger partial charge on any atom is -0.496 e. The first kappa shape index (κ1) is 16.1. The second kappa shape index (κ2) is 6.76. The van der Waals surface area contributed by atoms with Gasteiger partial charge in [-0.25, -0.2) is 0 Å². The highest BCUT2D eigenvalue weighted by Gasteiger charge is 2.33. The molecule has 6 nitrogen and oxygen atoms in total. The van der Waals surface area contributed by atoms with E-state index in [4.69, 9.17) is 14.2 Å². The largest absolute Gasteiger partial charge is 0.496 e. The van der Waals surface area contributed by atoms with E-state index in [0.29, 0.717) is 19.8 Å². The molecule has 0 unspecified atom stereocenters. The lowest BCUT2D eigenvalue weighted by Crippen LogP contribution is -2.41. The summed E-state index contributed by atoms with van der Waals surface area (Å²) < 4.78 is 16.5. The fourth-order valence-corrected chi connectivity index (χ4v) is 3.45. The van der Waals surface area contributed by atoms with Crippen LogP contribution in [0.1, 0.15) is 11.1 Å². The van der Waals surface area contributed by atoms with Gasteiger partial charge in [-0.3, -0.25) is 9.69 Å². The maximum atomic E-state index is 12.1. The van der Waals surface area contributed by atoms with E-state index >= 15 is 0 Å². The maximum Gasteiger partial charge on any atom is 0.227 e. The van der Waals surface area contributed by atoms with Gasteiger partial charge in [0.05, 0.1) is 39.4 Å². The van der Waals surface area contributed by atoms with E-state index in [9.17, 15) is 4.79 Å². The van der Waals surface area contributed by atoms with Crippen molar-refractivity contribution in [1.29, 1.82) is 0 Å². The molecule has 2 atom stereocenters. The number of nitrogens with zero attached hydrogens (tertiary/aromatic N) is 1. The summed E-state index contributed by atoms with van der Waals surface area (Å²) in [5.74, 6) is 1.68. The molecule has 1 aromatic carbocycles. The molecule has 2 aliphatic heterocycles. The number of nitrogens with one attached hydrogen (secondary N) is 1. The Labute approximate surface area is 136 Å². The molecule has 0 saturated carbocycles. The van der Waals surface area contributed by atoms with E-state index in [2.05, 4.69) is 10.2 Å². The number of ether oxygens (including phenoxy) is 3. The number of rotatable bonds is 4. The van der Waals surface area contributed by atoms with Gasteiger partial charge in [-0.15, -0.1) is 0 Å². The lowest BCUT2D eigenvalue weighted by atomic mass is 10.1. The molecule has 2 bridgehead atoms. The van der Waals surface area contributed by atoms with E-state index in [1.807, 2.05) is 19.1 Å². The van der Waals surface area contributed by atoms with Crippen molar-refractivity contribution in [3.8, 4) is 11.5 Å². The van der Waals surface area contributed by atoms with E-state index in [1.54, 1.807) is 14.2 Å². The highest BCUT2D eigenvalue weighted by molar-refractivity contribution is 5.80. The Hall–Kier alpha value is -1.79. The topological polar surface area (TPSA) is 60.0 Å². The number of hydrogen-bond acceptors (Lipinski definition) is 5. The molecule has 2 fully saturated rings. The standard InChI is InChI=1S/C17H24N2O4/c1-11-15(21-2)5-4-12(16(11)22-3)6-19-7-13-9-23-10-14(8-19)18-17(13)20/h4-5,13-14H,6-10H2,1-3H3,(H,18,20)/t13-,14+/m1/s1. The van der Waals surface area contributed by atoms with Crippen molar-refractivity contribution < 1.29 is 19.0 Å². The van der Waals surface area contributed by atoms with Crippen LogP contribution in [0, 0.1) is 12.8 Å². The monoisotopic (exact) mass is 320 g/mol. The summed E-state index contributed by atoms with van der Waals surface area (Å²) in [5.41, 5.74) is 2.11. The molecule has 0 spiro atoms. The molecule has 2 heterocycles. The molecule has 2 saturated heterocycles. The Morgan fingerprint density at radius 1 is 1.26 bits per heavy atom. The SMILES string of the molecule is COc1ccc(CN2C[C@H]3COC[C@@H](C2)C(=O)N3)c(OC)c1C. The van der Waals surface area contributed by atoms with Gasteiger partial charge in [-0.1, -0.05) is 6.07 Å². The molecule has 0 radical (unpaired) electrons. The first-order chi connectivity index (χ1) is 11.1. The zero-order valence-corrected chi connectivity index (χ0v) is 13.9. The molecule has 2 aliphatic rings. The summed E-state index contributed by atoms with van der Waals surface area (Å²) in [6.07, 6.45) is 0. The quantitative estimate of drug-likeness (QED) is 0.895. The smallest absolute Gasteiger partial charge is 0.227 e. The van der Waals surface area contributed by atoms with Crippen LogP contribution < -0.4 is 14.8 Å². The average Bonchev–Trinajstić information content (AvgIpc) is 2.76. The summed E-state index contributed by atoms with van der Waals surface area (Å²) >= 11 is 0. The first-order valence-corrected chi connectivity index (χ1v) is 7.93. The molecule has 6 heteroatoms. The van der Waals surface area contributed by atoms with Crippen LogP contribution >= 0.6 is 0 Å². The van der Waals surface area contributed by atoms with Crippen molar-refractivity contribution in [3.63, 3.8) is 0 Å². The molecule has 0 aromatic heterocycles. The van der Waals surface area contributed by atoms with Crippen molar-refractivity contribution in [1.82, 2.24) is 10.2 Å². The maximum absolute atomic E-state index is 12.1. The van der Waals surface area contributed by atoms with Crippen molar-refractivity contribution in [2.45, 2.75) is 19.5 Å². The van der Waals surface area contributed by atoms with Crippen LogP contribution in [0.25, 0.3) is 0 Å². The van der Waals surface area contributed by atoms with Crippen LogP contribution in [-0.4, -0.2) is 57.4 Å². The lowest BCUT2D eigenvalue weighted by Gasteiger charge is -2.28. The number of hydrogen-bond donors (Lipinski definition) is 1. The highest BCUT2D eigenvalue weighted by atomic mass is 16.5. The van der Waals surface area contributed by atoms with Crippen LogP contribution in [0.3, 0.4) is 0 Å². The van der Waals surface area contributed by atoms with E-state index in [-0.39, 0.29) is 17.9 Å². The van der Waals surface area contributed by atoms with Gasteiger partial charge in [0, 0.05) is 30.8 Å². The van der Waals surface area contributed by atoms with Gasteiger partial charge in [0.1, 0.15) is 11.5 Å². The first-order valence-electron chi connectivity index (χ1n) is 7.93. The summed E-state index contributed by atoms with van der Waals surface area (Å²) in [6, 6.07) is 4.07. The molecular weight excluding hydrogens is 296 g/mol. The lowest BCUT2D eigenvalue weighted by molar-refractivity contribution is -0.125. The predicted octanol–water partition coefficient (Wildman–Crippen LogP) is 0.959. The van der Waals surface area contributed by atoms with Crippen molar-refractivity contribution in [2.75, 3.05) is 40.5 Å². The molecule has 1 aromatic rings. The van der Waals surface area contributed by atoms with Crippen molar-refractivity contribution in [3.05, 3.63) is 23.3 Å². The molecule has 1 N–H and O–H groups in total. The fraction of sp³-hybridized carbons (Fsp3) is 0.588. The predicted molar refractivity (Wildman–Crippen MR) is 85.8 cm³/mol. The summed E-state index contributed by atoms with van der Waals surface area (Å²) in [7, 11) is 3.34. The van der Waals surface area contributed by atoms with Gasteiger partial charge in [-0.05, 0) is 13.0 Å². The third kappa shape index (κ3) is 3.28. The Kier molecular flexibility index (Phi) is 4.73. The van der Waals surface area contributed by atoms with Crippen LogP contribution in [0.2, 0.25) is 0 Å². The summed E-state index contributed by atoms with van der Waals surface area (Å²) in [5, 5.41) is 3.06. The number of amides is 1. The number of carbonyl (C=O) groups excluding carboxylic acids is 1. The molecule has 23 heavy (non-hydrogen) atoms. The minimum absolute atomic E-state index is 0.0559. The van der Waals surface area contributed by atoms with Crippen LogP contribution in [0.5, 0.6) is 11.5 Å². The number of carbonyl (C=O) groups is 1. The van der Waals surface area contributed by atoms with E-state index < -0.39 is 0 Å². The Morgan fingerprint density at radius 2 is 2.09 bits per heavy atom. The van der Waals surface area contributed by atoms with Crippen LogP contribution in [0.15, 0.2) is 12.1 Å². The minimum atomic E-state index is -0.104. The zero-order valence-electron chi connectivity index (χ0n) is 13.9. The number of fused-ring (bicyclic) bond motifs is 3. The highest BCUT2D eigenvalue weighted by Crippen LogP contribution is 2.32. The third-order valence-corrected chi connectivity index (χ3v) is 4.57.